The highest BCUT2D eigenvalue weighted by Gasteiger charge is 2.42. The average Bonchev–Trinajstić information content (AvgIpc) is 2.85. The number of carbonyl (C=O) groups is 2. The fourth-order valence-electron chi connectivity index (χ4n) is 2.29. The molecule has 0 spiro atoms. The highest BCUT2D eigenvalue weighted by Crippen LogP contribution is 2.23. The molecule has 116 valence electrons. The number of hydrogen-bond donors (Lipinski definition) is 3. The fourth-order valence-corrected chi connectivity index (χ4v) is 2.29. The number of oxazole rings is 1. The van der Waals surface area contributed by atoms with Gasteiger partial charge in [-0.15, -0.1) is 0 Å². The van der Waals surface area contributed by atoms with Crippen LogP contribution in [-0.4, -0.2) is 63.3 Å². The van der Waals surface area contributed by atoms with Gasteiger partial charge in [-0.3, -0.25) is 9.59 Å². The van der Waals surface area contributed by atoms with E-state index < -0.39 is 11.7 Å². The van der Waals surface area contributed by atoms with Crippen LogP contribution in [0.4, 0.5) is 0 Å². The van der Waals surface area contributed by atoms with Gasteiger partial charge in [-0.05, 0) is 13.3 Å². The van der Waals surface area contributed by atoms with Crippen LogP contribution in [0.1, 0.15) is 29.6 Å². The van der Waals surface area contributed by atoms with Crippen LogP contribution in [0, 0.1) is 6.92 Å². The largest absolute Gasteiger partial charge is 0.448 e. The molecule has 0 bridgehead atoms. The van der Waals surface area contributed by atoms with Gasteiger partial charge in [0, 0.05) is 26.6 Å². The Labute approximate surface area is 121 Å². The summed E-state index contributed by atoms with van der Waals surface area (Å²) in [6.07, 6.45) is 0.210. The standard InChI is InChI=1S/C13H19N3O5/c1-8-11(15-7-21-8)12(19)16-4-3-13(20,10(18)5-16)6-14-9(2)17/h7,10,18,20H,3-6H2,1-2H3,(H,14,17)/t10-,13-/m1/s1. The molecule has 1 aliphatic heterocycles. The zero-order chi connectivity index (χ0) is 15.6. The summed E-state index contributed by atoms with van der Waals surface area (Å²) in [7, 11) is 0. The van der Waals surface area contributed by atoms with Crippen molar-refractivity contribution in [1.29, 1.82) is 0 Å². The van der Waals surface area contributed by atoms with Gasteiger partial charge in [0.25, 0.3) is 5.91 Å². The summed E-state index contributed by atoms with van der Waals surface area (Å²) in [6, 6.07) is 0. The predicted octanol–water partition coefficient (Wildman–Crippen LogP) is -0.943. The van der Waals surface area contributed by atoms with E-state index >= 15 is 0 Å². The highest BCUT2D eigenvalue weighted by atomic mass is 16.3. The maximum absolute atomic E-state index is 12.2. The Morgan fingerprint density at radius 2 is 2.33 bits per heavy atom. The van der Waals surface area contributed by atoms with E-state index in [1.54, 1.807) is 6.92 Å². The molecule has 0 saturated carbocycles. The monoisotopic (exact) mass is 297 g/mol. The molecule has 0 aliphatic carbocycles. The van der Waals surface area contributed by atoms with Gasteiger partial charge < -0.3 is 24.8 Å². The van der Waals surface area contributed by atoms with Crippen LogP contribution in [0.25, 0.3) is 0 Å². The quantitative estimate of drug-likeness (QED) is 0.663. The molecule has 8 heteroatoms. The molecular formula is C13H19N3O5. The SMILES string of the molecule is CC(=O)NC[C@]1(O)CCN(C(=O)c2ncoc2C)C[C@H]1O. The molecule has 0 radical (unpaired) electrons. The van der Waals surface area contributed by atoms with E-state index in [2.05, 4.69) is 10.3 Å². The molecule has 21 heavy (non-hydrogen) atoms. The second kappa shape index (κ2) is 5.82. The first-order valence-electron chi connectivity index (χ1n) is 6.68. The van der Waals surface area contributed by atoms with Crippen molar-refractivity contribution in [3.63, 3.8) is 0 Å². The summed E-state index contributed by atoms with van der Waals surface area (Å²) >= 11 is 0. The zero-order valence-electron chi connectivity index (χ0n) is 12.0. The minimum atomic E-state index is -1.43. The molecule has 1 aliphatic rings. The van der Waals surface area contributed by atoms with E-state index in [0.717, 1.165) is 0 Å². The third kappa shape index (κ3) is 3.22. The van der Waals surface area contributed by atoms with E-state index in [-0.39, 0.29) is 43.6 Å². The molecule has 1 saturated heterocycles. The Balaban J connectivity index is 2.02. The lowest BCUT2D eigenvalue weighted by Crippen LogP contribution is -2.61. The molecule has 8 nitrogen and oxygen atoms in total. The highest BCUT2D eigenvalue weighted by molar-refractivity contribution is 5.93. The van der Waals surface area contributed by atoms with Gasteiger partial charge in [-0.25, -0.2) is 4.98 Å². The molecule has 0 aromatic carbocycles. The first kappa shape index (κ1) is 15.5. The number of nitrogens with one attached hydrogen (secondary N) is 1. The maximum Gasteiger partial charge on any atom is 0.276 e. The van der Waals surface area contributed by atoms with Gasteiger partial charge in [0.2, 0.25) is 5.91 Å². The Bertz CT molecular complexity index is 544. The first-order chi connectivity index (χ1) is 9.83. The number of nitrogens with zero attached hydrogens (tertiary/aromatic N) is 2. The van der Waals surface area contributed by atoms with Gasteiger partial charge in [0.1, 0.15) is 17.5 Å². The summed E-state index contributed by atoms with van der Waals surface area (Å²) in [6.45, 7) is 3.16. The van der Waals surface area contributed by atoms with E-state index in [9.17, 15) is 19.8 Å². The molecule has 1 aromatic rings. The van der Waals surface area contributed by atoms with Crippen molar-refractivity contribution in [2.75, 3.05) is 19.6 Å². The number of aliphatic hydroxyl groups excluding tert-OH is 1. The normalized spacial score (nSPS) is 25.7. The topological polar surface area (TPSA) is 116 Å². The molecule has 2 atom stereocenters. The summed E-state index contributed by atoms with van der Waals surface area (Å²) in [5, 5.41) is 22.9. The Morgan fingerprint density at radius 1 is 1.62 bits per heavy atom. The molecule has 0 unspecified atom stereocenters. The van der Waals surface area contributed by atoms with Gasteiger partial charge >= 0.3 is 0 Å². The third-order valence-electron chi connectivity index (χ3n) is 3.71. The molecule has 2 amide bonds. The van der Waals surface area contributed by atoms with Crippen molar-refractivity contribution in [3.05, 3.63) is 17.8 Å². The lowest BCUT2D eigenvalue weighted by Gasteiger charge is -2.41. The van der Waals surface area contributed by atoms with E-state index in [1.807, 2.05) is 0 Å². The summed E-state index contributed by atoms with van der Waals surface area (Å²) in [4.78, 5) is 28.4. The van der Waals surface area contributed by atoms with Crippen LogP contribution in [0.3, 0.4) is 0 Å². The molecule has 2 rings (SSSR count). The van der Waals surface area contributed by atoms with E-state index in [1.165, 1.54) is 18.2 Å². The van der Waals surface area contributed by atoms with Crippen LogP contribution in [0.15, 0.2) is 10.8 Å². The van der Waals surface area contributed by atoms with Crippen LogP contribution in [-0.2, 0) is 4.79 Å². The summed E-state index contributed by atoms with van der Waals surface area (Å²) in [5.74, 6) is -0.220. The number of carbonyl (C=O) groups excluding carboxylic acids is 2. The van der Waals surface area contributed by atoms with Crippen molar-refractivity contribution in [2.45, 2.75) is 32.0 Å². The molecule has 3 N–H and O–H groups in total. The second-order valence-electron chi connectivity index (χ2n) is 5.29. The van der Waals surface area contributed by atoms with Crippen molar-refractivity contribution >= 4 is 11.8 Å². The second-order valence-corrected chi connectivity index (χ2v) is 5.29. The van der Waals surface area contributed by atoms with Gasteiger partial charge in [0.05, 0.1) is 0 Å². The Hall–Kier alpha value is -1.93. The van der Waals surface area contributed by atoms with Crippen LogP contribution < -0.4 is 5.32 Å². The fraction of sp³-hybridized carbons (Fsp3) is 0.615. The third-order valence-corrected chi connectivity index (χ3v) is 3.71. The number of hydrogen-bond acceptors (Lipinski definition) is 6. The average molecular weight is 297 g/mol. The number of aryl methyl sites for hydroxylation is 1. The van der Waals surface area contributed by atoms with Crippen LogP contribution in [0.2, 0.25) is 0 Å². The Morgan fingerprint density at radius 3 is 2.86 bits per heavy atom. The predicted molar refractivity (Wildman–Crippen MR) is 71.4 cm³/mol. The van der Waals surface area contributed by atoms with Crippen molar-refractivity contribution in [3.8, 4) is 0 Å². The molecular weight excluding hydrogens is 278 g/mol. The summed E-state index contributed by atoms with van der Waals surface area (Å²) in [5.41, 5.74) is -1.23. The van der Waals surface area contributed by atoms with Crippen molar-refractivity contribution in [1.82, 2.24) is 15.2 Å². The van der Waals surface area contributed by atoms with Crippen molar-refractivity contribution < 1.29 is 24.2 Å². The zero-order valence-corrected chi connectivity index (χ0v) is 12.0. The molecule has 1 fully saturated rings. The lowest BCUT2D eigenvalue weighted by atomic mass is 9.88. The first-order valence-corrected chi connectivity index (χ1v) is 6.68. The minimum absolute atomic E-state index is 0.0266. The lowest BCUT2D eigenvalue weighted by molar-refractivity contribution is -0.127. The maximum atomic E-state index is 12.2. The van der Waals surface area contributed by atoms with E-state index in [4.69, 9.17) is 4.42 Å². The number of likely N-dealkylation sites (tertiary alicyclic amines) is 1. The van der Waals surface area contributed by atoms with Gasteiger partial charge in [-0.2, -0.15) is 0 Å². The minimum Gasteiger partial charge on any atom is -0.448 e. The van der Waals surface area contributed by atoms with Gasteiger partial charge in [-0.1, -0.05) is 0 Å². The van der Waals surface area contributed by atoms with Gasteiger partial charge in [0.15, 0.2) is 12.1 Å². The number of rotatable bonds is 3. The number of aromatic nitrogens is 1. The van der Waals surface area contributed by atoms with Crippen LogP contribution in [0.5, 0.6) is 0 Å². The number of amides is 2. The Kier molecular flexibility index (Phi) is 4.29. The number of piperidine rings is 1. The summed E-state index contributed by atoms with van der Waals surface area (Å²) < 4.78 is 4.99. The number of β-amino-alcohol motifs (C(OH)–C–C–N with tert-alkyl or cyclic N) is 1. The van der Waals surface area contributed by atoms with Crippen LogP contribution >= 0.6 is 0 Å². The molecule has 1 aromatic heterocycles. The number of aliphatic hydroxyl groups is 2. The smallest absolute Gasteiger partial charge is 0.276 e. The van der Waals surface area contributed by atoms with E-state index in [0.29, 0.717) is 5.76 Å². The molecule has 2 heterocycles. The van der Waals surface area contributed by atoms with Crippen molar-refractivity contribution in [2.24, 2.45) is 0 Å².